The molecule has 2 N–H and O–H groups in total. The molecule has 70 valence electrons. The minimum Gasteiger partial charge on any atom is -0.379 e. The Morgan fingerprint density at radius 3 is 2.00 bits per heavy atom. The van der Waals surface area contributed by atoms with Crippen LogP contribution in [0.4, 0.5) is 0 Å². The average Bonchev–Trinajstić information content (AvgIpc) is 1.90. The van der Waals surface area contributed by atoms with Crippen LogP contribution >= 0.6 is 24.8 Å². The van der Waals surface area contributed by atoms with Crippen molar-refractivity contribution >= 4 is 24.8 Å². The van der Waals surface area contributed by atoms with Crippen LogP contribution in [0.1, 0.15) is 6.92 Å². The van der Waals surface area contributed by atoms with Crippen LogP contribution in [0.3, 0.4) is 0 Å². The molecule has 3 nitrogen and oxygen atoms in total. The Morgan fingerprint density at radius 1 is 1.27 bits per heavy atom. The monoisotopic (exact) mass is 202 g/mol. The van der Waals surface area contributed by atoms with Crippen molar-refractivity contribution in [3.8, 4) is 0 Å². The number of nitrogens with one attached hydrogen (secondary N) is 1. The maximum Gasteiger partial charge on any atom is 0.104 e. The van der Waals surface area contributed by atoms with Crippen LogP contribution in [0, 0.1) is 0 Å². The Morgan fingerprint density at radius 2 is 1.73 bits per heavy atom. The van der Waals surface area contributed by atoms with Gasteiger partial charge in [0.25, 0.3) is 0 Å². The van der Waals surface area contributed by atoms with Crippen molar-refractivity contribution in [3.05, 3.63) is 0 Å². The smallest absolute Gasteiger partial charge is 0.104 e. The molecular formula is C6H16Cl2N2O. The Kier molecular flexibility index (Phi) is 9.08. The van der Waals surface area contributed by atoms with Crippen LogP contribution in [-0.2, 0) is 0 Å². The predicted molar refractivity (Wildman–Crippen MR) is 50.6 cm³/mol. The Labute approximate surface area is 80.0 Å². The van der Waals surface area contributed by atoms with Crippen molar-refractivity contribution in [1.82, 2.24) is 10.2 Å². The second-order valence-electron chi connectivity index (χ2n) is 2.42. The van der Waals surface area contributed by atoms with E-state index in [9.17, 15) is 0 Å². The van der Waals surface area contributed by atoms with Crippen molar-refractivity contribution in [2.75, 3.05) is 26.2 Å². The minimum absolute atomic E-state index is 0. The topological polar surface area (TPSA) is 35.5 Å². The normalized spacial score (nSPS) is 21.3. The first-order valence-electron chi connectivity index (χ1n) is 3.43. The number of aliphatic hydroxyl groups excluding tert-OH is 1. The summed E-state index contributed by atoms with van der Waals surface area (Å²) < 4.78 is 0. The number of nitrogens with zero attached hydrogens (tertiary/aromatic N) is 1. The van der Waals surface area contributed by atoms with E-state index < -0.39 is 0 Å². The highest BCUT2D eigenvalue weighted by Gasteiger charge is 2.12. The van der Waals surface area contributed by atoms with Gasteiger partial charge in [-0.15, -0.1) is 24.8 Å². The van der Waals surface area contributed by atoms with Gasteiger partial charge >= 0.3 is 0 Å². The molecule has 0 radical (unpaired) electrons. The Bertz CT molecular complexity index is 86.7. The van der Waals surface area contributed by atoms with E-state index in [1.807, 2.05) is 6.92 Å². The van der Waals surface area contributed by atoms with Crippen molar-refractivity contribution in [1.29, 1.82) is 0 Å². The van der Waals surface area contributed by atoms with E-state index >= 15 is 0 Å². The third kappa shape index (κ3) is 4.82. The van der Waals surface area contributed by atoms with E-state index in [1.54, 1.807) is 0 Å². The molecule has 1 rings (SSSR count). The van der Waals surface area contributed by atoms with Gasteiger partial charge in [-0.25, -0.2) is 0 Å². The van der Waals surface area contributed by atoms with Gasteiger partial charge < -0.3 is 10.4 Å². The molecule has 0 spiro atoms. The molecule has 0 aliphatic carbocycles. The van der Waals surface area contributed by atoms with E-state index in [-0.39, 0.29) is 31.0 Å². The molecule has 1 fully saturated rings. The average molecular weight is 203 g/mol. The number of hydrogen-bond acceptors (Lipinski definition) is 3. The standard InChI is InChI=1S/C6H14N2O.2ClH/c1-6(9)8-4-2-7-3-5-8;;/h6-7,9H,2-5H2,1H3;2*1H. The van der Waals surface area contributed by atoms with Gasteiger partial charge in [-0.1, -0.05) is 0 Å². The highest BCUT2D eigenvalue weighted by molar-refractivity contribution is 5.85. The SMILES string of the molecule is CC(O)N1CCNCC1.Cl.Cl. The second-order valence-corrected chi connectivity index (χ2v) is 2.42. The molecule has 0 aromatic heterocycles. The molecule has 1 aliphatic rings. The third-order valence-corrected chi connectivity index (χ3v) is 1.68. The molecule has 11 heavy (non-hydrogen) atoms. The lowest BCUT2D eigenvalue weighted by atomic mass is 10.3. The van der Waals surface area contributed by atoms with Gasteiger partial charge in [0.1, 0.15) is 6.23 Å². The fourth-order valence-electron chi connectivity index (χ4n) is 1.06. The summed E-state index contributed by atoms with van der Waals surface area (Å²) in [7, 11) is 0. The molecule has 0 aromatic carbocycles. The Hall–Kier alpha value is 0.460. The van der Waals surface area contributed by atoms with Gasteiger partial charge in [0.15, 0.2) is 0 Å². The lowest BCUT2D eigenvalue weighted by Gasteiger charge is -2.29. The van der Waals surface area contributed by atoms with Gasteiger partial charge in [0.2, 0.25) is 0 Å². The highest BCUT2D eigenvalue weighted by atomic mass is 35.5. The summed E-state index contributed by atoms with van der Waals surface area (Å²) in [6.07, 6.45) is -0.271. The maximum atomic E-state index is 9.08. The van der Waals surface area contributed by atoms with Crippen LogP contribution in [0.5, 0.6) is 0 Å². The van der Waals surface area contributed by atoms with Crippen molar-refractivity contribution in [3.63, 3.8) is 0 Å². The third-order valence-electron chi connectivity index (χ3n) is 1.68. The van der Waals surface area contributed by atoms with Crippen LogP contribution in [0.2, 0.25) is 0 Å². The quantitative estimate of drug-likeness (QED) is 0.633. The summed E-state index contributed by atoms with van der Waals surface area (Å²) in [5.41, 5.74) is 0. The van der Waals surface area contributed by atoms with E-state index in [0.717, 1.165) is 26.2 Å². The maximum absolute atomic E-state index is 9.08. The fraction of sp³-hybridized carbons (Fsp3) is 1.00. The highest BCUT2D eigenvalue weighted by Crippen LogP contribution is 1.95. The van der Waals surface area contributed by atoms with Crippen molar-refractivity contribution in [2.45, 2.75) is 13.2 Å². The fourth-order valence-corrected chi connectivity index (χ4v) is 1.06. The molecule has 1 heterocycles. The summed E-state index contributed by atoms with van der Waals surface area (Å²) in [4.78, 5) is 2.05. The lowest BCUT2D eigenvalue weighted by molar-refractivity contribution is 0.0112. The summed E-state index contributed by atoms with van der Waals surface area (Å²) in [5.74, 6) is 0. The van der Waals surface area contributed by atoms with E-state index in [0.29, 0.717) is 0 Å². The van der Waals surface area contributed by atoms with Gasteiger partial charge in [-0.3, -0.25) is 4.90 Å². The van der Waals surface area contributed by atoms with E-state index in [1.165, 1.54) is 0 Å². The van der Waals surface area contributed by atoms with Crippen LogP contribution < -0.4 is 5.32 Å². The van der Waals surface area contributed by atoms with Crippen molar-refractivity contribution < 1.29 is 5.11 Å². The number of rotatable bonds is 1. The first-order valence-corrected chi connectivity index (χ1v) is 3.43. The summed E-state index contributed by atoms with van der Waals surface area (Å²) in [6.45, 7) is 5.76. The zero-order valence-corrected chi connectivity index (χ0v) is 8.25. The summed E-state index contributed by atoms with van der Waals surface area (Å²) in [5, 5.41) is 12.3. The van der Waals surface area contributed by atoms with Crippen LogP contribution in [0.25, 0.3) is 0 Å². The van der Waals surface area contributed by atoms with Crippen LogP contribution in [0.15, 0.2) is 0 Å². The molecule has 1 aliphatic heterocycles. The number of hydrogen-bond donors (Lipinski definition) is 2. The second kappa shape index (κ2) is 7.13. The molecule has 5 heteroatoms. The molecule has 0 amide bonds. The Balaban J connectivity index is 0. The number of halogens is 2. The summed E-state index contributed by atoms with van der Waals surface area (Å²) >= 11 is 0. The molecule has 0 saturated carbocycles. The largest absolute Gasteiger partial charge is 0.379 e. The van der Waals surface area contributed by atoms with Gasteiger partial charge in [-0.2, -0.15) is 0 Å². The number of aliphatic hydroxyl groups is 1. The molecule has 0 bridgehead atoms. The molecule has 1 atom stereocenters. The molecule has 1 saturated heterocycles. The first kappa shape index (κ1) is 14.0. The van der Waals surface area contributed by atoms with Crippen LogP contribution in [-0.4, -0.2) is 42.4 Å². The predicted octanol–water partition coefficient (Wildman–Crippen LogP) is 0.0735. The van der Waals surface area contributed by atoms with Gasteiger partial charge in [0.05, 0.1) is 0 Å². The van der Waals surface area contributed by atoms with Gasteiger partial charge in [-0.05, 0) is 6.92 Å². The van der Waals surface area contributed by atoms with Crippen molar-refractivity contribution in [2.24, 2.45) is 0 Å². The minimum atomic E-state index is -0.271. The molecular weight excluding hydrogens is 187 g/mol. The van der Waals surface area contributed by atoms with E-state index in [4.69, 9.17) is 5.11 Å². The molecule has 1 unspecified atom stereocenters. The molecule has 0 aromatic rings. The lowest BCUT2D eigenvalue weighted by Crippen LogP contribution is -2.47. The summed E-state index contributed by atoms with van der Waals surface area (Å²) in [6, 6.07) is 0. The zero-order valence-electron chi connectivity index (χ0n) is 6.62. The van der Waals surface area contributed by atoms with Gasteiger partial charge in [0, 0.05) is 26.2 Å². The van der Waals surface area contributed by atoms with E-state index in [2.05, 4.69) is 10.2 Å². The number of piperazine rings is 1. The zero-order chi connectivity index (χ0) is 6.69. The first-order chi connectivity index (χ1) is 4.30.